The number of nitrogens with one attached hydrogen (secondary N) is 1. The molecule has 15 aromatic rings. The summed E-state index contributed by atoms with van der Waals surface area (Å²) < 4.78 is 87.8. The minimum absolute atomic E-state index is 0.0136. The van der Waals surface area contributed by atoms with Crippen LogP contribution in [0.3, 0.4) is 0 Å². The molecule has 0 bridgehead atoms. The zero-order valence-electron chi connectivity index (χ0n) is 66.3. The second-order valence-electron chi connectivity index (χ2n) is 29.0. The van der Waals surface area contributed by atoms with Gasteiger partial charge < -0.3 is 44.0 Å². The summed E-state index contributed by atoms with van der Waals surface area (Å²) in [4.78, 5) is 10.6. The van der Waals surface area contributed by atoms with Gasteiger partial charge in [-0.25, -0.2) is 0 Å². The molecule has 6 aliphatic heterocycles. The standard InChI is InChI=1S/C96H71B3N6O3/c1-59-45-61(3)95(62(4)46-59)104-82-57-80-76(97-74-41-25-27-43-86(74)106-89-52-71(49-81(100-80)92(89)97)101(65-29-13-7-14-30-65)66-31-15-8-16-32-66)55-77(82)99-78-56-79-88(108-91-54-73(53-90-94(91)98(79)75-42-26-28-44-87(75)107-90)103(69-37-21-11-22-38-69)70-39-23-12-24-40-70)58-83(78)105(96-63(5)47-60(2)48-64(96)6)85-51-72(50-84(104)93(85)99)102(67-33-17-9-18-34-67)68-35-19-10-20-36-68/h7-58,100H,1-6H3/i49D,50D,51D,52D,53D,54D. The van der Waals surface area contributed by atoms with Crippen LogP contribution in [0.25, 0.3) is 0 Å². The van der Waals surface area contributed by atoms with Crippen LogP contribution in [-0.4, -0.2) is 20.1 Å². The molecule has 0 saturated heterocycles. The molecule has 0 fully saturated rings. The van der Waals surface area contributed by atoms with Crippen LogP contribution in [-0.2, 0) is 0 Å². The first-order valence-corrected chi connectivity index (χ1v) is 36.9. The summed E-state index contributed by atoms with van der Waals surface area (Å²) in [7, 11) is 0. The topological polar surface area (TPSA) is 55.9 Å². The van der Waals surface area contributed by atoms with E-state index < -0.39 is 20.1 Å². The highest BCUT2D eigenvalue weighted by atomic mass is 16.5. The fourth-order valence-corrected chi connectivity index (χ4v) is 18.0. The predicted octanol–water partition coefficient (Wildman–Crippen LogP) is 19.4. The molecule has 0 amide bonds. The van der Waals surface area contributed by atoms with Crippen molar-refractivity contribution >= 4 is 166 Å². The number of ether oxygens (including phenoxy) is 3. The Bertz CT molecular complexity index is 6080. The summed E-state index contributed by atoms with van der Waals surface area (Å²) in [6.07, 6.45) is 0. The molecule has 21 rings (SSSR count). The van der Waals surface area contributed by atoms with Crippen LogP contribution in [0.15, 0.2) is 315 Å². The van der Waals surface area contributed by atoms with Crippen molar-refractivity contribution in [1.82, 2.24) is 0 Å². The molecule has 6 heterocycles. The van der Waals surface area contributed by atoms with Crippen molar-refractivity contribution in [3.8, 4) is 34.5 Å². The van der Waals surface area contributed by atoms with Crippen molar-refractivity contribution in [2.24, 2.45) is 0 Å². The molecule has 0 atom stereocenters. The van der Waals surface area contributed by atoms with Crippen LogP contribution < -0.4 is 93.2 Å². The summed E-state index contributed by atoms with van der Waals surface area (Å²) >= 11 is 0. The van der Waals surface area contributed by atoms with Crippen molar-refractivity contribution in [2.75, 3.05) is 29.8 Å². The number of fused-ring (bicyclic) bond motifs is 12. The monoisotopic (exact) mass is 1390 g/mol. The van der Waals surface area contributed by atoms with Crippen LogP contribution in [0.1, 0.15) is 41.6 Å². The molecule has 9 nitrogen and oxygen atoms in total. The summed E-state index contributed by atoms with van der Waals surface area (Å²) in [5, 5.41) is 3.97. The number of benzene rings is 15. The normalized spacial score (nSPS) is 13.9. The van der Waals surface area contributed by atoms with Gasteiger partial charge in [-0.3, -0.25) is 0 Å². The van der Waals surface area contributed by atoms with E-state index in [1.165, 1.54) is 0 Å². The van der Waals surface area contributed by atoms with Gasteiger partial charge in [0.15, 0.2) is 0 Å². The van der Waals surface area contributed by atoms with Gasteiger partial charge in [0, 0.05) is 97.9 Å². The first-order chi connectivity index (χ1) is 55.6. The van der Waals surface area contributed by atoms with Crippen molar-refractivity contribution < 1.29 is 22.4 Å². The Morgan fingerprint density at radius 3 is 1.03 bits per heavy atom. The number of anilines is 17. The van der Waals surface area contributed by atoms with Gasteiger partial charge in [-0.1, -0.05) is 193 Å². The highest BCUT2D eigenvalue weighted by molar-refractivity contribution is 7.04. The molecular formula is C96H71B3N6O3. The quantitative estimate of drug-likeness (QED) is 0.128. The first-order valence-electron chi connectivity index (χ1n) is 39.9. The molecule has 1 N–H and O–H groups in total. The summed E-state index contributed by atoms with van der Waals surface area (Å²) in [6, 6.07) is 94.1. The van der Waals surface area contributed by atoms with E-state index in [2.05, 4.69) is 122 Å². The van der Waals surface area contributed by atoms with E-state index in [1.807, 2.05) is 228 Å². The molecule has 0 aromatic heterocycles. The van der Waals surface area contributed by atoms with E-state index in [4.69, 9.17) is 14.2 Å². The Balaban J connectivity index is 0.900. The lowest BCUT2D eigenvalue weighted by molar-refractivity contribution is 0.465. The number of hydrogen-bond donors (Lipinski definition) is 1. The molecule has 0 spiro atoms. The maximum Gasteiger partial charge on any atom is 0.260 e. The van der Waals surface area contributed by atoms with E-state index in [9.17, 15) is 8.22 Å². The molecule has 0 saturated carbocycles. The van der Waals surface area contributed by atoms with Gasteiger partial charge in [-0.15, -0.1) is 0 Å². The highest BCUT2D eigenvalue weighted by Crippen LogP contribution is 2.53. The number of para-hydroxylation sites is 8. The number of aryl methyl sites for hydroxylation is 6. The zero-order valence-corrected chi connectivity index (χ0v) is 60.3. The Kier molecular flexibility index (Phi) is 13.0. The Hall–Kier alpha value is -13.3. The lowest BCUT2D eigenvalue weighted by Crippen LogP contribution is -2.65. The third kappa shape index (κ3) is 9.89. The first kappa shape index (κ1) is 57.1. The van der Waals surface area contributed by atoms with E-state index in [0.29, 0.717) is 62.4 Å². The average Bonchev–Trinajstić information content (AvgIpc) is 0.662. The van der Waals surface area contributed by atoms with Crippen molar-refractivity contribution in [3.05, 3.63) is 349 Å². The zero-order chi connectivity index (χ0) is 77.4. The van der Waals surface area contributed by atoms with Crippen LogP contribution in [0.4, 0.5) is 96.7 Å². The van der Waals surface area contributed by atoms with E-state index in [0.717, 1.165) is 134 Å². The highest BCUT2D eigenvalue weighted by Gasteiger charge is 2.50. The average molecular weight is 1400 g/mol. The van der Waals surface area contributed by atoms with Gasteiger partial charge in [0.05, 0.1) is 36.7 Å². The lowest BCUT2D eigenvalue weighted by atomic mass is 9.29. The Morgan fingerprint density at radius 2 is 0.602 bits per heavy atom. The molecule has 0 aliphatic carbocycles. The van der Waals surface area contributed by atoms with Crippen molar-refractivity contribution in [1.29, 1.82) is 0 Å². The third-order valence-electron chi connectivity index (χ3n) is 22.2. The second kappa shape index (κ2) is 24.7. The number of nitrogens with zero attached hydrogens (tertiary/aromatic N) is 5. The number of hydrogen-bond acceptors (Lipinski definition) is 9. The minimum Gasteiger partial charge on any atom is -0.458 e. The van der Waals surface area contributed by atoms with E-state index >= 15 is 0 Å². The van der Waals surface area contributed by atoms with E-state index in [-0.39, 0.29) is 53.4 Å². The van der Waals surface area contributed by atoms with Crippen LogP contribution in [0, 0.1) is 41.5 Å². The number of rotatable bonds is 11. The van der Waals surface area contributed by atoms with Gasteiger partial charge >= 0.3 is 0 Å². The molecule has 0 unspecified atom stereocenters. The summed E-state index contributed by atoms with van der Waals surface area (Å²) in [5.74, 6) is 2.56. The Morgan fingerprint density at radius 1 is 0.269 bits per heavy atom. The molecule has 15 aromatic carbocycles. The fraction of sp³-hybridized carbons (Fsp3) is 0.0625. The smallest absolute Gasteiger partial charge is 0.260 e. The molecule has 0 radical (unpaired) electrons. The summed E-state index contributed by atoms with van der Waals surface area (Å²) in [6.45, 7) is 10.9. The maximum absolute atomic E-state index is 11.7. The minimum atomic E-state index is -0.756. The molecule has 12 heteroatoms. The van der Waals surface area contributed by atoms with Gasteiger partial charge in [0.2, 0.25) is 0 Å². The van der Waals surface area contributed by atoms with Crippen molar-refractivity contribution in [2.45, 2.75) is 41.5 Å². The van der Waals surface area contributed by atoms with Gasteiger partial charge in [0.1, 0.15) is 34.5 Å². The van der Waals surface area contributed by atoms with E-state index in [1.54, 1.807) is 0 Å². The molecule has 512 valence electrons. The summed E-state index contributed by atoms with van der Waals surface area (Å²) in [5.41, 5.74) is 24.4. The predicted molar refractivity (Wildman–Crippen MR) is 452 cm³/mol. The molecule has 6 aliphatic rings. The lowest BCUT2D eigenvalue weighted by Gasteiger charge is -2.47. The SMILES string of the molecule is [2H]c1c2c3c(c([2H])c1N(c1ccccc1)c1ccccc1)Oc1ccccc1B3c1cc3c(cc1N2)N(c1c(C)cc(C)cc1C)c1c([2H])c(N(c2ccccc2)c2ccccc2)c([2H])c2c1B3c1cc3c(cc1N2c1c(C)cc(C)cc1C)Oc1c([2H])c(N(c2ccccc2)c2ccccc2)c([2H])c2c1B3c1ccccc1O2. The van der Waals surface area contributed by atoms with Crippen LogP contribution in [0.5, 0.6) is 34.5 Å². The molecular weight excluding hydrogens is 1320 g/mol. The van der Waals surface area contributed by atoms with Crippen molar-refractivity contribution in [3.63, 3.8) is 0 Å². The van der Waals surface area contributed by atoms with Crippen LogP contribution >= 0.6 is 0 Å². The fourth-order valence-electron chi connectivity index (χ4n) is 18.0. The van der Waals surface area contributed by atoms with Crippen LogP contribution in [0.2, 0.25) is 0 Å². The molecule has 108 heavy (non-hydrogen) atoms. The largest absolute Gasteiger partial charge is 0.458 e. The second-order valence-corrected chi connectivity index (χ2v) is 29.0. The van der Waals surface area contributed by atoms with Gasteiger partial charge in [-0.05, 0) is 217 Å². The third-order valence-corrected chi connectivity index (χ3v) is 22.2. The maximum atomic E-state index is 11.7. The van der Waals surface area contributed by atoms with Gasteiger partial charge in [0.25, 0.3) is 20.1 Å². The Labute approximate surface area is 639 Å². The van der Waals surface area contributed by atoms with Gasteiger partial charge in [-0.2, -0.15) is 0 Å².